The number of pyridine rings is 1. The number of rotatable bonds is 4. The van der Waals surface area contributed by atoms with E-state index in [-0.39, 0.29) is 11.9 Å². The zero-order valence-corrected chi connectivity index (χ0v) is 11.6. The molecular weight excluding hydrogens is 239 g/mol. The van der Waals surface area contributed by atoms with Crippen molar-refractivity contribution < 1.29 is 4.39 Å². The molecule has 100 valence electrons. The van der Waals surface area contributed by atoms with E-state index < -0.39 is 0 Å². The number of nitrogens with zero attached hydrogens (tertiary/aromatic N) is 1. The summed E-state index contributed by atoms with van der Waals surface area (Å²) < 4.78 is 13.7. The second-order valence-electron chi connectivity index (χ2n) is 4.70. The van der Waals surface area contributed by atoms with Crippen molar-refractivity contribution in [3.8, 4) is 0 Å². The van der Waals surface area contributed by atoms with Gasteiger partial charge in [0, 0.05) is 6.20 Å². The van der Waals surface area contributed by atoms with Crippen molar-refractivity contribution in [1.82, 2.24) is 10.3 Å². The van der Waals surface area contributed by atoms with Gasteiger partial charge in [0.25, 0.3) is 0 Å². The third kappa shape index (κ3) is 2.99. The van der Waals surface area contributed by atoms with Gasteiger partial charge in [0.1, 0.15) is 5.82 Å². The number of halogens is 1. The van der Waals surface area contributed by atoms with Crippen LogP contribution in [0.25, 0.3) is 0 Å². The van der Waals surface area contributed by atoms with Crippen LogP contribution in [-0.2, 0) is 0 Å². The maximum Gasteiger partial charge on any atom is 0.126 e. The molecule has 0 amide bonds. The summed E-state index contributed by atoms with van der Waals surface area (Å²) in [5.41, 5.74) is 3.63. The van der Waals surface area contributed by atoms with Crippen LogP contribution >= 0.6 is 0 Å². The molecule has 0 spiro atoms. The molecule has 2 nitrogen and oxygen atoms in total. The fraction of sp³-hybridized carbons (Fsp3) is 0.312. The molecule has 1 unspecified atom stereocenters. The molecule has 0 bridgehead atoms. The molecule has 0 aliphatic rings. The number of hydrogen-bond donors (Lipinski definition) is 1. The van der Waals surface area contributed by atoms with Crippen LogP contribution < -0.4 is 5.32 Å². The molecule has 2 rings (SSSR count). The number of hydrogen-bond acceptors (Lipinski definition) is 2. The lowest BCUT2D eigenvalue weighted by Crippen LogP contribution is -2.24. The van der Waals surface area contributed by atoms with Gasteiger partial charge < -0.3 is 5.32 Å². The van der Waals surface area contributed by atoms with Crippen LogP contribution in [0.15, 0.2) is 36.5 Å². The van der Waals surface area contributed by atoms with Crippen molar-refractivity contribution in [2.75, 3.05) is 6.54 Å². The first-order chi connectivity index (χ1) is 9.13. The van der Waals surface area contributed by atoms with Gasteiger partial charge in [0.15, 0.2) is 0 Å². The molecule has 0 aliphatic carbocycles. The number of nitrogens with one attached hydrogen (secondary N) is 1. The van der Waals surface area contributed by atoms with Gasteiger partial charge >= 0.3 is 0 Å². The van der Waals surface area contributed by atoms with Gasteiger partial charge in [-0.2, -0.15) is 0 Å². The van der Waals surface area contributed by atoms with Crippen molar-refractivity contribution in [2.45, 2.75) is 26.8 Å². The molecule has 0 radical (unpaired) electrons. The minimum atomic E-state index is -0.172. The van der Waals surface area contributed by atoms with Gasteiger partial charge in [0.05, 0.1) is 11.7 Å². The predicted octanol–water partition coefficient (Wildman–Crippen LogP) is 3.54. The SMILES string of the molecule is CCNC(c1ccc(C)c(F)c1)c1ncccc1C. The smallest absolute Gasteiger partial charge is 0.126 e. The number of aromatic nitrogens is 1. The summed E-state index contributed by atoms with van der Waals surface area (Å²) in [6, 6.07) is 9.24. The zero-order chi connectivity index (χ0) is 13.8. The third-order valence-corrected chi connectivity index (χ3v) is 3.26. The molecular formula is C16H19FN2. The first-order valence-electron chi connectivity index (χ1n) is 6.54. The monoisotopic (exact) mass is 258 g/mol. The van der Waals surface area contributed by atoms with Crippen molar-refractivity contribution in [3.63, 3.8) is 0 Å². The van der Waals surface area contributed by atoms with E-state index in [0.29, 0.717) is 5.56 Å². The van der Waals surface area contributed by atoms with Crippen LogP contribution in [0.4, 0.5) is 4.39 Å². The van der Waals surface area contributed by atoms with Crippen molar-refractivity contribution in [3.05, 3.63) is 64.7 Å². The molecule has 1 aromatic carbocycles. The number of benzene rings is 1. The minimum Gasteiger partial charge on any atom is -0.305 e. The van der Waals surface area contributed by atoms with E-state index in [4.69, 9.17) is 0 Å². The Morgan fingerprint density at radius 3 is 2.63 bits per heavy atom. The molecule has 1 aromatic heterocycles. The van der Waals surface area contributed by atoms with Crippen molar-refractivity contribution >= 4 is 0 Å². The topological polar surface area (TPSA) is 24.9 Å². The van der Waals surface area contributed by atoms with Crippen LogP contribution in [0.2, 0.25) is 0 Å². The van der Waals surface area contributed by atoms with Gasteiger partial charge in [-0.3, -0.25) is 4.98 Å². The van der Waals surface area contributed by atoms with Crippen molar-refractivity contribution in [2.24, 2.45) is 0 Å². The first kappa shape index (κ1) is 13.7. The van der Waals surface area contributed by atoms with Crippen LogP contribution in [-0.4, -0.2) is 11.5 Å². The largest absolute Gasteiger partial charge is 0.305 e. The lowest BCUT2D eigenvalue weighted by molar-refractivity contribution is 0.589. The molecule has 3 heteroatoms. The van der Waals surface area contributed by atoms with E-state index in [1.165, 1.54) is 0 Å². The van der Waals surface area contributed by atoms with Gasteiger partial charge in [-0.05, 0) is 49.2 Å². The van der Waals surface area contributed by atoms with E-state index in [1.54, 1.807) is 19.2 Å². The molecule has 0 aliphatic heterocycles. The second kappa shape index (κ2) is 5.93. The molecule has 1 atom stereocenters. The molecule has 0 fully saturated rings. The average Bonchev–Trinajstić information content (AvgIpc) is 2.40. The van der Waals surface area contributed by atoms with Crippen LogP contribution in [0.5, 0.6) is 0 Å². The van der Waals surface area contributed by atoms with E-state index in [2.05, 4.69) is 10.3 Å². The zero-order valence-electron chi connectivity index (χ0n) is 11.6. The van der Waals surface area contributed by atoms with Crippen LogP contribution in [0.1, 0.15) is 35.3 Å². The summed E-state index contributed by atoms with van der Waals surface area (Å²) in [5.74, 6) is -0.172. The highest BCUT2D eigenvalue weighted by Crippen LogP contribution is 2.24. The van der Waals surface area contributed by atoms with Crippen LogP contribution in [0, 0.1) is 19.7 Å². The highest BCUT2D eigenvalue weighted by atomic mass is 19.1. The lowest BCUT2D eigenvalue weighted by Gasteiger charge is -2.20. The first-order valence-corrected chi connectivity index (χ1v) is 6.54. The highest BCUT2D eigenvalue weighted by molar-refractivity contribution is 5.34. The van der Waals surface area contributed by atoms with Crippen molar-refractivity contribution in [1.29, 1.82) is 0 Å². The molecule has 1 heterocycles. The van der Waals surface area contributed by atoms with Gasteiger partial charge in [-0.1, -0.05) is 25.1 Å². The summed E-state index contributed by atoms with van der Waals surface area (Å²) in [6.07, 6.45) is 1.78. The Bertz CT molecular complexity index is 566. The summed E-state index contributed by atoms with van der Waals surface area (Å²) in [4.78, 5) is 4.44. The number of aryl methyl sites for hydroxylation is 2. The Hall–Kier alpha value is -1.74. The normalized spacial score (nSPS) is 12.4. The van der Waals surface area contributed by atoms with Gasteiger partial charge in [-0.15, -0.1) is 0 Å². The summed E-state index contributed by atoms with van der Waals surface area (Å²) in [5, 5.41) is 3.37. The summed E-state index contributed by atoms with van der Waals surface area (Å²) >= 11 is 0. The Kier molecular flexibility index (Phi) is 4.27. The Labute approximate surface area is 113 Å². The van der Waals surface area contributed by atoms with E-state index in [9.17, 15) is 4.39 Å². The predicted molar refractivity (Wildman–Crippen MR) is 75.6 cm³/mol. The maximum absolute atomic E-state index is 13.7. The second-order valence-corrected chi connectivity index (χ2v) is 4.70. The van der Waals surface area contributed by atoms with E-state index in [0.717, 1.165) is 23.4 Å². The Morgan fingerprint density at radius 1 is 1.21 bits per heavy atom. The minimum absolute atomic E-state index is 0.0682. The standard InChI is InChI=1S/C16H19FN2/c1-4-18-16(15-12(3)6-5-9-19-15)13-8-7-11(2)14(17)10-13/h5-10,16,18H,4H2,1-3H3. The summed E-state index contributed by atoms with van der Waals surface area (Å²) in [7, 11) is 0. The molecule has 1 N–H and O–H groups in total. The molecule has 0 saturated heterocycles. The van der Waals surface area contributed by atoms with Gasteiger partial charge in [0.2, 0.25) is 0 Å². The fourth-order valence-electron chi connectivity index (χ4n) is 2.17. The van der Waals surface area contributed by atoms with Gasteiger partial charge in [-0.25, -0.2) is 4.39 Å². The Balaban J connectivity index is 2.45. The average molecular weight is 258 g/mol. The molecule has 0 saturated carbocycles. The fourth-order valence-corrected chi connectivity index (χ4v) is 2.17. The molecule has 2 aromatic rings. The lowest BCUT2D eigenvalue weighted by atomic mass is 9.98. The maximum atomic E-state index is 13.7. The molecule has 19 heavy (non-hydrogen) atoms. The van der Waals surface area contributed by atoms with E-state index >= 15 is 0 Å². The van der Waals surface area contributed by atoms with E-state index in [1.807, 2.05) is 38.1 Å². The Morgan fingerprint density at radius 2 is 2.00 bits per heavy atom. The quantitative estimate of drug-likeness (QED) is 0.907. The highest BCUT2D eigenvalue weighted by Gasteiger charge is 2.17. The summed E-state index contributed by atoms with van der Waals surface area (Å²) in [6.45, 7) is 6.64. The third-order valence-electron chi connectivity index (χ3n) is 3.26. The van der Waals surface area contributed by atoms with Crippen LogP contribution in [0.3, 0.4) is 0 Å².